The number of nitrogens with zero attached hydrogens (tertiary/aromatic N) is 4. The molecule has 1 fully saturated rings. The first kappa shape index (κ1) is 22.8. The minimum atomic E-state index is -4.43. The number of alkyl carbamates (subject to hydrolysis) is 1. The smallest absolute Gasteiger partial charge is 0.416 e. The lowest BCUT2D eigenvalue weighted by Crippen LogP contribution is -2.59. The Bertz CT molecular complexity index is 1150. The summed E-state index contributed by atoms with van der Waals surface area (Å²) in [4.78, 5) is 26.7. The molecule has 0 radical (unpaired) electrons. The first-order valence-electron chi connectivity index (χ1n) is 10.1. The SMILES string of the molecule is CCOC(=O)NC1CN(c2cnc(-c3ccc(C(F)(F)F)cc3)c(-c3ccncc3Cl)n2)C1. The zero-order valence-electron chi connectivity index (χ0n) is 17.4. The van der Waals surface area contributed by atoms with Crippen LogP contribution >= 0.6 is 11.6 Å². The van der Waals surface area contributed by atoms with Gasteiger partial charge in [-0.05, 0) is 25.1 Å². The second kappa shape index (κ2) is 9.22. The van der Waals surface area contributed by atoms with Crippen LogP contribution in [0.3, 0.4) is 0 Å². The number of amides is 1. The fourth-order valence-electron chi connectivity index (χ4n) is 3.41. The van der Waals surface area contributed by atoms with E-state index in [1.807, 2.05) is 4.90 Å². The van der Waals surface area contributed by atoms with Crippen molar-refractivity contribution in [2.24, 2.45) is 0 Å². The van der Waals surface area contributed by atoms with E-state index < -0.39 is 17.8 Å². The van der Waals surface area contributed by atoms with E-state index >= 15 is 0 Å². The van der Waals surface area contributed by atoms with Crippen molar-refractivity contribution < 1.29 is 22.7 Å². The highest BCUT2D eigenvalue weighted by molar-refractivity contribution is 6.33. The monoisotopic (exact) mass is 477 g/mol. The normalized spacial score (nSPS) is 14.0. The molecule has 1 N–H and O–H groups in total. The van der Waals surface area contributed by atoms with E-state index in [0.29, 0.717) is 46.4 Å². The Morgan fingerprint density at radius 3 is 2.55 bits per heavy atom. The fraction of sp³-hybridized carbons (Fsp3) is 0.273. The van der Waals surface area contributed by atoms with Gasteiger partial charge in [-0.25, -0.2) is 9.78 Å². The van der Waals surface area contributed by atoms with E-state index in [9.17, 15) is 18.0 Å². The van der Waals surface area contributed by atoms with E-state index in [1.165, 1.54) is 18.3 Å². The topological polar surface area (TPSA) is 80.2 Å². The molecule has 7 nitrogen and oxygen atoms in total. The van der Waals surface area contributed by atoms with Gasteiger partial charge in [-0.2, -0.15) is 13.2 Å². The molecular formula is C22H19ClF3N5O2. The van der Waals surface area contributed by atoms with Crippen LogP contribution in [0.25, 0.3) is 22.5 Å². The zero-order chi connectivity index (χ0) is 23.6. The fourth-order valence-corrected chi connectivity index (χ4v) is 3.62. The number of benzene rings is 1. The van der Waals surface area contributed by atoms with Gasteiger partial charge >= 0.3 is 12.3 Å². The molecule has 11 heteroatoms. The summed E-state index contributed by atoms with van der Waals surface area (Å²) in [6.07, 6.45) is -0.349. The quantitative estimate of drug-likeness (QED) is 0.568. The second-order valence-electron chi connectivity index (χ2n) is 7.32. The van der Waals surface area contributed by atoms with Gasteiger partial charge in [0.2, 0.25) is 0 Å². The predicted molar refractivity (Wildman–Crippen MR) is 117 cm³/mol. The predicted octanol–water partition coefficient (Wildman–Crippen LogP) is 4.81. The maximum Gasteiger partial charge on any atom is 0.416 e. The van der Waals surface area contributed by atoms with Gasteiger partial charge in [0.15, 0.2) is 0 Å². The van der Waals surface area contributed by atoms with Crippen LogP contribution in [0.4, 0.5) is 23.8 Å². The van der Waals surface area contributed by atoms with E-state index in [-0.39, 0.29) is 12.6 Å². The van der Waals surface area contributed by atoms with Crippen molar-refractivity contribution in [2.75, 3.05) is 24.6 Å². The van der Waals surface area contributed by atoms with Gasteiger partial charge in [-0.1, -0.05) is 23.7 Å². The van der Waals surface area contributed by atoms with Crippen LogP contribution in [0.1, 0.15) is 12.5 Å². The van der Waals surface area contributed by atoms with Crippen LogP contribution in [0.5, 0.6) is 0 Å². The van der Waals surface area contributed by atoms with Crippen molar-refractivity contribution in [1.82, 2.24) is 20.3 Å². The first-order valence-corrected chi connectivity index (χ1v) is 10.5. The number of rotatable bonds is 5. The molecule has 4 rings (SSSR count). The number of alkyl halides is 3. The number of anilines is 1. The van der Waals surface area contributed by atoms with Crippen LogP contribution in [0, 0.1) is 0 Å². The van der Waals surface area contributed by atoms with Gasteiger partial charge < -0.3 is 15.0 Å². The number of ether oxygens (including phenoxy) is 1. The Balaban J connectivity index is 1.65. The van der Waals surface area contributed by atoms with Gasteiger partial charge in [0.25, 0.3) is 0 Å². The van der Waals surface area contributed by atoms with Crippen molar-refractivity contribution >= 4 is 23.5 Å². The van der Waals surface area contributed by atoms with Gasteiger partial charge in [-0.3, -0.25) is 9.97 Å². The number of carbonyl (C=O) groups excluding carboxylic acids is 1. The van der Waals surface area contributed by atoms with Gasteiger partial charge in [0, 0.05) is 36.6 Å². The lowest BCUT2D eigenvalue weighted by molar-refractivity contribution is -0.137. The molecule has 1 aliphatic rings. The zero-order valence-corrected chi connectivity index (χ0v) is 18.2. The minimum absolute atomic E-state index is 0.0894. The number of nitrogens with one attached hydrogen (secondary N) is 1. The molecule has 0 aliphatic carbocycles. The molecule has 0 atom stereocenters. The third-order valence-electron chi connectivity index (χ3n) is 5.08. The third-order valence-corrected chi connectivity index (χ3v) is 5.38. The number of hydrogen-bond acceptors (Lipinski definition) is 6. The lowest BCUT2D eigenvalue weighted by atomic mass is 10.0. The van der Waals surface area contributed by atoms with Crippen LogP contribution in [0.15, 0.2) is 48.9 Å². The Labute approximate surface area is 192 Å². The number of hydrogen-bond donors (Lipinski definition) is 1. The van der Waals surface area contributed by atoms with E-state index in [0.717, 1.165) is 12.1 Å². The molecule has 3 heterocycles. The van der Waals surface area contributed by atoms with Crippen LogP contribution in [0.2, 0.25) is 5.02 Å². The molecular weight excluding hydrogens is 459 g/mol. The van der Waals surface area contributed by atoms with Crippen molar-refractivity contribution in [3.05, 3.63) is 59.5 Å². The van der Waals surface area contributed by atoms with Crippen LogP contribution < -0.4 is 10.2 Å². The Morgan fingerprint density at radius 2 is 1.91 bits per heavy atom. The summed E-state index contributed by atoms with van der Waals surface area (Å²) in [5.41, 5.74) is 1.08. The van der Waals surface area contributed by atoms with Gasteiger partial charge in [0.05, 0.1) is 35.1 Å². The van der Waals surface area contributed by atoms with Crippen LogP contribution in [-0.4, -0.2) is 46.8 Å². The van der Waals surface area contributed by atoms with Crippen LogP contribution in [-0.2, 0) is 10.9 Å². The summed E-state index contributed by atoms with van der Waals surface area (Å²) in [5, 5.41) is 3.09. The van der Waals surface area contributed by atoms with Gasteiger partial charge in [0.1, 0.15) is 11.5 Å². The highest BCUT2D eigenvalue weighted by Gasteiger charge is 2.32. The molecule has 0 spiro atoms. The Hall–Kier alpha value is -3.40. The average Bonchev–Trinajstić information content (AvgIpc) is 2.76. The van der Waals surface area contributed by atoms with Crippen molar-refractivity contribution in [3.8, 4) is 22.5 Å². The summed E-state index contributed by atoms with van der Waals surface area (Å²) in [6, 6.07) is 6.30. The molecule has 0 saturated carbocycles. The summed E-state index contributed by atoms with van der Waals surface area (Å²) < 4.78 is 43.8. The molecule has 3 aromatic rings. The van der Waals surface area contributed by atoms with E-state index in [4.69, 9.17) is 21.3 Å². The number of carbonyl (C=O) groups is 1. The largest absolute Gasteiger partial charge is 0.450 e. The summed E-state index contributed by atoms with van der Waals surface area (Å²) >= 11 is 6.34. The Kier molecular flexibility index (Phi) is 6.37. The molecule has 33 heavy (non-hydrogen) atoms. The van der Waals surface area contributed by atoms with E-state index in [1.54, 1.807) is 25.4 Å². The number of aromatic nitrogens is 3. The van der Waals surface area contributed by atoms with Crippen molar-refractivity contribution in [1.29, 1.82) is 0 Å². The standard InChI is InChI=1S/C22H19ClF3N5O2/c1-2-33-21(32)29-15-11-31(12-15)18-10-28-19(13-3-5-14(6-4-13)22(24,25)26)20(30-18)16-7-8-27-9-17(16)23/h3-10,15H,2,11-12H2,1H3,(H,29,32). The maximum atomic E-state index is 13.0. The first-order chi connectivity index (χ1) is 15.8. The Morgan fingerprint density at radius 1 is 1.18 bits per heavy atom. The average molecular weight is 478 g/mol. The summed E-state index contributed by atoms with van der Waals surface area (Å²) in [7, 11) is 0. The second-order valence-corrected chi connectivity index (χ2v) is 7.73. The highest BCUT2D eigenvalue weighted by Crippen LogP contribution is 2.36. The number of pyridine rings is 1. The molecule has 172 valence electrons. The molecule has 1 amide bonds. The minimum Gasteiger partial charge on any atom is -0.450 e. The molecule has 1 saturated heterocycles. The lowest BCUT2D eigenvalue weighted by Gasteiger charge is -2.40. The molecule has 1 aromatic carbocycles. The summed E-state index contributed by atoms with van der Waals surface area (Å²) in [5.74, 6) is 0.551. The third kappa shape index (κ3) is 5.00. The van der Waals surface area contributed by atoms with Crippen molar-refractivity contribution in [2.45, 2.75) is 19.1 Å². The number of halogens is 4. The summed E-state index contributed by atoms with van der Waals surface area (Å²) in [6.45, 7) is 3.04. The molecule has 1 aliphatic heterocycles. The van der Waals surface area contributed by atoms with Gasteiger partial charge in [-0.15, -0.1) is 0 Å². The molecule has 0 unspecified atom stereocenters. The molecule has 0 bridgehead atoms. The highest BCUT2D eigenvalue weighted by atomic mass is 35.5. The maximum absolute atomic E-state index is 13.0. The molecule has 2 aromatic heterocycles. The van der Waals surface area contributed by atoms with E-state index in [2.05, 4.69) is 15.3 Å². The van der Waals surface area contributed by atoms with Crippen molar-refractivity contribution in [3.63, 3.8) is 0 Å².